The van der Waals surface area contributed by atoms with Crippen LogP contribution in [0.25, 0.3) is 0 Å². The van der Waals surface area contributed by atoms with E-state index in [1.54, 1.807) is 12.3 Å². The quantitative estimate of drug-likeness (QED) is 0.816. The normalized spacial score (nSPS) is 12.0. The molecule has 4 nitrogen and oxygen atoms in total. The van der Waals surface area contributed by atoms with Gasteiger partial charge in [-0.2, -0.15) is 0 Å². The number of hydrogen-bond donors (Lipinski definition) is 2. The first-order chi connectivity index (χ1) is 10.0. The van der Waals surface area contributed by atoms with Gasteiger partial charge in [0.2, 0.25) is 0 Å². The fourth-order valence-corrected chi connectivity index (χ4v) is 2.06. The van der Waals surface area contributed by atoms with E-state index in [9.17, 15) is 9.59 Å². The number of hydrogen-bond acceptors (Lipinski definition) is 2. The van der Waals surface area contributed by atoms with Gasteiger partial charge in [-0.05, 0) is 43.0 Å². The van der Waals surface area contributed by atoms with Crippen molar-refractivity contribution in [3.8, 4) is 0 Å². The van der Waals surface area contributed by atoms with E-state index in [2.05, 4.69) is 24.1 Å². The van der Waals surface area contributed by atoms with Gasteiger partial charge in [0.1, 0.15) is 5.69 Å². The van der Waals surface area contributed by atoms with Crippen LogP contribution in [0, 0.1) is 0 Å². The van der Waals surface area contributed by atoms with Crippen LogP contribution < -0.4 is 5.32 Å². The summed E-state index contributed by atoms with van der Waals surface area (Å²) in [5, 5.41) is 2.81. The minimum absolute atomic E-state index is 0.0665. The van der Waals surface area contributed by atoms with Gasteiger partial charge in [0, 0.05) is 17.4 Å². The lowest BCUT2D eigenvalue weighted by Crippen LogP contribution is -2.12. The molecular weight excluding hydrogens is 264 g/mol. The Labute approximate surface area is 124 Å². The summed E-state index contributed by atoms with van der Waals surface area (Å²) in [6, 6.07) is 9.41. The molecule has 1 heterocycles. The lowest BCUT2D eigenvalue weighted by atomic mass is 9.99. The number of anilines is 1. The lowest BCUT2D eigenvalue weighted by molar-refractivity contribution is 0.101. The summed E-state index contributed by atoms with van der Waals surface area (Å²) in [6.07, 6.45) is 2.63. The third kappa shape index (κ3) is 3.60. The molecule has 0 aliphatic carbocycles. The van der Waals surface area contributed by atoms with Crippen molar-refractivity contribution >= 4 is 17.4 Å². The molecule has 1 amide bonds. The van der Waals surface area contributed by atoms with Crippen LogP contribution in [0.1, 0.15) is 59.5 Å². The van der Waals surface area contributed by atoms with E-state index in [1.165, 1.54) is 12.5 Å². The Morgan fingerprint density at radius 1 is 1.24 bits per heavy atom. The van der Waals surface area contributed by atoms with E-state index in [1.807, 2.05) is 24.3 Å². The minimum atomic E-state index is -0.251. The lowest BCUT2D eigenvalue weighted by Gasteiger charge is -2.10. The molecule has 2 rings (SSSR count). The summed E-state index contributed by atoms with van der Waals surface area (Å²) in [7, 11) is 0. The average molecular weight is 284 g/mol. The van der Waals surface area contributed by atoms with Crippen molar-refractivity contribution in [2.45, 2.75) is 33.1 Å². The number of ketones is 1. The van der Waals surface area contributed by atoms with Crippen molar-refractivity contribution < 1.29 is 9.59 Å². The predicted molar refractivity (Wildman–Crippen MR) is 83.9 cm³/mol. The maximum Gasteiger partial charge on any atom is 0.272 e. The van der Waals surface area contributed by atoms with Gasteiger partial charge in [0.25, 0.3) is 5.91 Å². The summed E-state index contributed by atoms with van der Waals surface area (Å²) in [5.74, 6) is 0.193. The van der Waals surface area contributed by atoms with Crippen LogP contribution in [0.4, 0.5) is 5.69 Å². The number of aromatic nitrogens is 1. The molecule has 4 heteroatoms. The average Bonchev–Trinajstić information content (AvgIpc) is 2.97. The Morgan fingerprint density at radius 2 is 1.90 bits per heavy atom. The van der Waals surface area contributed by atoms with Crippen LogP contribution >= 0.6 is 0 Å². The molecule has 0 fully saturated rings. The van der Waals surface area contributed by atoms with Crippen LogP contribution in [0.15, 0.2) is 36.5 Å². The molecular formula is C17H20N2O2. The van der Waals surface area contributed by atoms with Crippen molar-refractivity contribution in [2.75, 3.05) is 5.32 Å². The Kier molecular flexibility index (Phi) is 4.58. The molecule has 1 atom stereocenters. The number of aromatic amines is 1. The van der Waals surface area contributed by atoms with E-state index in [0.717, 1.165) is 12.1 Å². The van der Waals surface area contributed by atoms with Crippen LogP contribution in [-0.2, 0) is 0 Å². The first-order valence-electron chi connectivity index (χ1n) is 7.12. The molecule has 0 aliphatic rings. The summed E-state index contributed by atoms with van der Waals surface area (Å²) >= 11 is 0. The number of nitrogens with one attached hydrogen (secondary N) is 2. The van der Waals surface area contributed by atoms with Crippen LogP contribution in [-0.4, -0.2) is 16.7 Å². The molecule has 1 aromatic heterocycles. The smallest absolute Gasteiger partial charge is 0.272 e. The van der Waals surface area contributed by atoms with Crippen LogP contribution in [0.3, 0.4) is 0 Å². The molecule has 0 saturated heterocycles. The van der Waals surface area contributed by atoms with Crippen molar-refractivity contribution in [3.05, 3.63) is 53.3 Å². The second-order valence-corrected chi connectivity index (χ2v) is 5.24. The zero-order valence-corrected chi connectivity index (χ0v) is 12.6. The van der Waals surface area contributed by atoms with Gasteiger partial charge in [-0.15, -0.1) is 0 Å². The molecule has 1 unspecified atom stereocenters. The fourth-order valence-electron chi connectivity index (χ4n) is 2.06. The molecule has 110 valence electrons. The fraction of sp³-hybridized carbons (Fsp3) is 0.294. The highest BCUT2D eigenvalue weighted by Crippen LogP contribution is 2.20. The summed E-state index contributed by atoms with van der Waals surface area (Å²) in [5.41, 5.74) is 2.89. The third-order valence-electron chi connectivity index (χ3n) is 3.68. The maximum absolute atomic E-state index is 12.1. The number of carbonyl (C=O) groups is 2. The second kappa shape index (κ2) is 6.39. The van der Waals surface area contributed by atoms with Crippen molar-refractivity contribution in [3.63, 3.8) is 0 Å². The van der Waals surface area contributed by atoms with E-state index < -0.39 is 0 Å². The first-order valence-corrected chi connectivity index (χ1v) is 7.12. The Morgan fingerprint density at radius 3 is 2.43 bits per heavy atom. The molecule has 0 saturated carbocycles. The van der Waals surface area contributed by atoms with Gasteiger partial charge >= 0.3 is 0 Å². The number of benzene rings is 1. The molecule has 2 N–H and O–H groups in total. The molecule has 0 bridgehead atoms. The number of rotatable bonds is 5. The second-order valence-electron chi connectivity index (χ2n) is 5.24. The summed E-state index contributed by atoms with van der Waals surface area (Å²) < 4.78 is 0. The molecule has 1 aromatic carbocycles. The van der Waals surface area contributed by atoms with Gasteiger partial charge in [-0.1, -0.05) is 26.0 Å². The molecule has 0 spiro atoms. The number of carbonyl (C=O) groups excluding carboxylic acids is 2. The number of amides is 1. The van der Waals surface area contributed by atoms with Gasteiger partial charge in [0.15, 0.2) is 5.78 Å². The highest BCUT2D eigenvalue weighted by Gasteiger charge is 2.11. The monoisotopic (exact) mass is 284 g/mol. The number of Topliss-reactive ketones (excluding diaryl/α,β-unsaturated/α-hetero) is 1. The van der Waals surface area contributed by atoms with E-state index >= 15 is 0 Å². The van der Waals surface area contributed by atoms with E-state index in [4.69, 9.17) is 0 Å². The molecule has 0 aliphatic heterocycles. The highest BCUT2D eigenvalue weighted by molar-refractivity contribution is 6.05. The standard InChI is InChI=1S/C17H20N2O2/c1-4-11(2)13-5-7-15(8-6-13)19-17(21)16-9-14(10-18-16)12(3)20/h5-11,18H,4H2,1-3H3,(H,19,21). The van der Waals surface area contributed by atoms with Crippen molar-refractivity contribution in [1.82, 2.24) is 4.98 Å². The number of H-pyrrole nitrogens is 1. The Bertz CT molecular complexity index is 641. The third-order valence-corrected chi connectivity index (χ3v) is 3.68. The van der Waals surface area contributed by atoms with Crippen LogP contribution in [0.5, 0.6) is 0 Å². The van der Waals surface area contributed by atoms with Crippen molar-refractivity contribution in [1.29, 1.82) is 0 Å². The topological polar surface area (TPSA) is 62.0 Å². The molecule has 2 aromatic rings. The van der Waals surface area contributed by atoms with Crippen molar-refractivity contribution in [2.24, 2.45) is 0 Å². The SMILES string of the molecule is CCC(C)c1ccc(NC(=O)c2cc(C(C)=O)c[nH]2)cc1. The predicted octanol–water partition coefficient (Wildman–Crippen LogP) is 3.98. The summed E-state index contributed by atoms with van der Waals surface area (Å²) in [6.45, 7) is 5.80. The Hall–Kier alpha value is -2.36. The zero-order chi connectivity index (χ0) is 15.4. The van der Waals surface area contributed by atoms with Gasteiger partial charge in [-0.3, -0.25) is 9.59 Å². The largest absolute Gasteiger partial charge is 0.356 e. The van der Waals surface area contributed by atoms with Crippen LogP contribution in [0.2, 0.25) is 0 Å². The summed E-state index contributed by atoms with van der Waals surface area (Å²) in [4.78, 5) is 26.1. The van der Waals surface area contributed by atoms with Gasteiger partial charge in [0.05, 0.1) is 0 Å². The molecule has 0 radical (unpaired) electrons. The maximum atomic E-state index is 12.1. The molecule has 21 heavy (non-hydrogen) atoms. The highest BCUT2D eigenvalue weighted by atomic mass is 16.2. The van der Waals surface area contributed by atoms with Gasteiger partial charge < -0.3 is 10.3 Å². The Balaban J connectivity index is 2.06. The minimum Gasteiger partial charge on any atom is -0.356 e. The van der Waals surface area contributed by atoms with Gasteiger partial charge in [-0.25, -0.2) is 0 Å². The van der Waals surface area contributed by atoms with E-state index in [0.29, 0.717) is 17.2 Å². The van der Waals surface area contributed by atoms with E-state index in [-0.39, 0.29) is 11.7 Å². The first kappa shape index (κ1) is 15.0. The zero-order valence-electron chi connectivity index (χ0n) is 12.6.